The van der Waals surface area contributed by atoms with Gasteiger partial charge < -0.3 is 4.74 Å². The van der Waals surface area contributed by atoms with Crippen LogP contribution in [0.4, 0.5) is 14.9 Å². The van der Waals surface area contributed by atoms with Gasteiger partial charge in [-0.05, 0) is 41.9 Å². The van der Waals surface area contributed by atoms with Crippen molar-refractivity contribution < 1.29 is 22.3 Å². The molecule has 0 saturated heterocycles. The Balaban J connectivity index is 2.90. The van der Waals surface area contributed by atoms with Crippen LogP contribution in [-0.4, -0.2) is 20.6 Å². The zero-order chi connectivity index (χ0) is 15.5. The van der Waals surface area contributed by atoms with E-state index in [9.17, 15) is 17.6 Å². The van der Waals surface area contributed by atoms with Gasteiger partial charge in [-0.3, -0.25) is 4.72 Å². The molecule has 1 rings (SSSR count). The largest absolute Gasteiger partial charge is 0.446 e. The highest BCUT2D eigenvalue weighted by molar-refractivity contribution is 9.10. The molecule has 6 nitrogen and oxygen atoms in total. The van der Waals surface area contributed by atoms with Gasteiger partial charge in [-0.25, -0.2) is 13.9 Å². The van der Waals surface area contributed by atoms with Crippen LogP contribution in [0.2, 0.25) is 5.02 Å². The number of hydrogen-bond acceptors (Lipinski definition) is 4. The Labute approximate surface area is 128 Å². The number of amides is 1. The van der Waals surface area contributed by atoms with E-state index in [1.807, 2.05) is 4.72 Å². The van der Waals surface area contributed by atoms with Crippen LogP contribution in [0.15, 0.2) is 16.6 Å². The lowest BCUT2D eigenvalue weighted by atomic mass is 10.3. The first-order valence-electron chi connectivity index (χ1n) is 5.26. The number of rotatable bonds is 4. The second-order valence-electron chi connectivity index (χ2n) is 3.91. The number of hydrogen-bond donors (Lipinski definition) is 2. The fourth-order valence-corrected chi connectivity index (χ4v) is 3.04. The highest BCUT2D eigenvalue weighted by Crippen LogP contribution is 2.32. The molecule has 10 heteroatoms. The molecule has 0 radical (unpaired) electrons. The number of ether oxygens (including phenoxy) is 1. The smallest absolute Gasteiger partial charge is 0.422 e. The van der Waals surface area contributed by atoms with E-state index in [1.165, 1.54) is 0 Å². The molecule has 0 fully saturated rings. The molecule has 0 atom stereocenters. The predicted molar refractivity (Wildman–Crippen MR) is 76.4 cm³/mol. The van der Waals surface area contributed by atoms with Crippen molar-refractivity contribution in [3.8, 4) is 0 Å². The average Bonchev–Trinajstić information content (AvgIpc) is 2.21. The number of carbonyl (C=O) groups excluding carboxylic acids is 1. The summed E-state index contributed by atoms with van der Waals surface area (Å²) in [6.07, 6.45) is -1.62. The minimum absolute atomic E-state index is 0.0881. The van der Waals surface area contributed by atoms with Crippen LogP contribution in [-0.2, 0) is 14.9 Å². The predicted octanol–water partition coefficient (Wildman–Crippen LogP) is 3.03. The first kappa shape index (κ1) is 17.0. The van der Waals surface area contributed by atoms with Crippen LogP contribution in [0.1, 0.15) is 13.8 Å². The molecule has 1 aromatic carbocycles. The molecule has 0 aliphatic rings. The molecule has 0 aromatic heterocycles. The van der Waals surface area contributed by atoms with Crippen molar-refractivity contribution in [3.05, 3.63) is 27.4 Å². The van der Waals surface area contributed by atoms with Gasteiger partial charge in [0.2, 0.25) is 0 Å². The van der Waals surface area contributed by atoms with Gasteiger partial charge in [0, 0.05) is 4.47 Å². The first-order chi connectivity index (χ1) is 9.10. The highest BCUT2D eigenvalue weighted by Gasteiger charge is 2.19. The van der Waals surface area contributed by atoms with Crippen molar-refractivity contribution in [3.63, 3.8) is 0 Å². The molecule has 1 amide bonds. The lowest BCUT2D eigenvalue weighted by molar-refractivity contribution is 0.121. The zero-order valence-corrected chi connectivity index (χ0v) is 13.6. The summed E-state index contributed by atoms with van der Waals surface area (Å²) in [4.78, 5) is 11.2. The van der Waals surface area contributed by atoms with Gasteiger partial charge in [-0.15, -0.1) is 0 Å². The van der Waals surface area contributed by atoms with Crippen molar-refractivity contribution in [1.82, 2.24) is 4.72 Å². The Hall–Kier alpha value is -1.06. The number of anilines is 1. The van der Waals surface area contributed by atoms with Gasteiger partial charge in [0.1, 0.15) is 5.82 Å². The minimum Gasteiger partial charge on any atom is -0.446 e. The van der Waals surface area contributed by atoms with Gasteiger partial charge in [-0.2, -0.15) is 8.42 Å². The maximum Gasteiger partial charge on any atom is 0.422 e. The van der Waals surface area contributed by atoms with E-state index in [0.717, 1.165) is 12.1 Å². The third-order valence-corrected chi connectivity index (χ3v) is 3.64. The Morgan fingerprint density at radius 1 is 1.45 bits per heavy atom. The quantitative estimate of drug-likeness (QED) is 0.829. The summed E-state index contributed by atoms with van der Waals surface area (Å²) in [5, 5.41) is -0.167. The van der Waals surface area contributed by atoms with Gasteiger partial charge >= 0.3 is 16.3 Å². The monoisotopic (exact) mass is 388 g/mol. The molecule has 0 saturated carbocycles. The standard InChI is InChI=1S/C10H11BrClFN2O4S/c1-5(2)19-10(16)15-20(17,18)14-9-7(11)3-6(13)4-8(9)12/h3-5,14H,1-2H3,(H,15,16). The molecule has 0 spiro atoms. The molecular formula is C10H11BrClFN2O4S. The van der Waals surface area contributed by atoms with Crippen molar-refractivity contribution in [2.45, 2.75) is 20.0 Å². The molecule has 0 unspecified atom stereocenters. The Bertz CT molecular complexity index is 601. The molecule has 2 N–H and O–H groups in total. The number of benzene rings is 1. The van der Waals surface area contributed by atoms with E-state index in [4.69, 9.17) is 11.6 Å². The van der Waals surface area contributed by atoms with Gasteiger partial charge in [0.05, 0.1) is 16.8 Å². The van der Waals surface area contributed by atoms with Crippen LogP contribution in [0.25, 0.3) is 0 Å². The lowest BCUT2D eigenvalue weighted by Crippen LogP contribution is -2.37. The van der Waals surface area contributed by atoms with E-state index in [2.05, 4.69) is 20.7 Å². The van der Waals surface area contributed by atoms with E-state index in [1.54, 1.807) is 18.6 Å². The van der Waals surface area contributed by atoms with Crippen LogP contribution in [0.5, 0.6) is 0 Å². The Morgan fingerprint density at radius 2 is 2.05 bits per heavy atom. The molecule has 0 heterocycles. The summed E-state index contributed by atoms with van der Waals surface area (Å²) >= 11 is 8.68. The minimum atomic E-state index is -4.25. The summed E-state index contributed by atoms with van der Waals surface area (Å²) in [5.41, 5.74) is -0.0992. The number of nitrogens with one attached hydrogen (secondary N) is 2. The van der Waals surface area contributed by atoms with Crippen molar-refractivity contribution in [2.24, 2.45) is 0 Å². The normalized spacial score (nSPS) is 11.3. The summed E-state index contributed by atoms with van der Waals surface area (Å²) < 4.78 is 44.7. The fraction of sp³-hybridized carbons (Fsp3) is 0.300. The third kappa shape index (κ3) is 5.14. The topological polar surface area (TPSA) is 84.5 Å². The zero-order valence-electron chi connectivity index (χ0n) is 10.4. The molecular weight excluding hydrogens is 379 g/mol. The molecule has 20 heavy (non-hydrogen) atoms. The van der Waals surface area contributed by atoms with Gasteiger partial charge in [-0.1, -0.05) is 11.6 Å². The fourth-order valence-electron chi connectivity index (χ4n) is 1.15. The van der Waals surface area contributed by atoms with Gasteiger partial charge in [0.15, 0.2) is 0 Å². The van der Waals surface area contributed by atoms with E-state index < -0.39 is 28.2 Å². The SMILES string of the molecule is CC(C)OC(=O)NS(=O)(=O)Nc1c(Cl)cc(F)cc1Br. The van der Waals surface area contributed by atoms with Crippen molar-refractivity contribution >= 4 is 49.5 Å². The molecule has 1 aromatic rings. The summed E-state index contributed by atoms with van der Waals surface area (Å²) in [6.45, 7) is 3.13. The van der Waals surface area contributed by atoms with Crippen LogP contribution < -0.4 is 9.44 Å². The van der Waals surface area contributed by atoms with E-state index in [0.29, 0.717) is 0 Å². The maximum absolute atomic E-state index is 13.0. The third-order valence-electron chi connectivity index (χ3n) is 1.80. The van der Waals surface area contributed by atoms with Gasteiger partial charge in [0.25, 0.3) is 0 Å². The summed E-state index contributed by atoms with van der Waals surface area (Å²) in [6, 6.07) is 1.95. The summed E-state index contributed by atoms with van der Waals surface area (Å²) in [5.74, 6) is -0.642. The molecule has 0 aliphatic carbocycles. The van der Waals surface area contributed by atoms with Crippen LogP contribution in [0.3, 0.4) is 0 Å². The lowest BCUT2D eigenvalue weighted by Gasteiger charge is -2.13. The van der Waals surface area contributed by atoms with Crippen LogP contribution in [0, 0.1) is 5.82 Å². The first-order valence-corrected chi connectivity index (χ1v) is 7.92. The van der Waals surface area contributed by atoms with Crippen molar-refractivity contribution in [2.75, 3.05) is 4.72 Å². The number of carbonyl (C=O) groups is 1. The second-order valence-corrected chi connectivity index (χ2v) is 6.58. The average molecular weight is 390 g/mol. The maximum atomic E-state index is 13.0. The van der Waals surface area contributed by atoms with E-state index >= 15 is 0 Å². The van der Waals surface area contributed by atoms with Crippen molar-refractivity contribution in [1.29, 1.82) is 0 Å². The molecule has 0 aliphatic heterocycles. The Morgan fingerprint density at radius 3 is 2.55 bits per heavy atom. The highest BCUT2D eigenvalue weighted by atomic mass is 79.9. The Kier molecular flexibility index (Phi) is 5.60. The second kappa shape index (κ2) is 6.59. The molecule has 112 valence electrons. The van der Waals surface area contributed by atoms with E-state index in [-0.39, 0.29) is 15.2 Å². The molecule has 0 bridgehead atoms. The van der Waals surface area contributed by atoms with Crippen LogP contribution >= 0.6 is 27.5 Å². The number of halogens is 3. The summed E-state index contributed by atoms with van der Waals surface area (Å²) in [7, 11) is -4.25.